The molecule has 5 nitrogen and oxygen atoms in total. The first-order valence-corrected chi connectivity index (χ1v) is 7.15. The zero-order valence-electron chi connectivity index (χ0n) is 11.6. The fourth-order valence-electron chi connectivity index (χ4n) is 1.52. The lowest BCUT2D eigenvalue weighted by Gasteiger charge is -2.11. The predicted octanol–water partition coefficient (Wildman–Crippen LogP) is 2.63. The number of nitrogen functional groups attached to an aromatic ring is 1. The number of aryl methyl sites for hydroxylation is 1. The third-order valence-electron chi connectivity index (χ3n) is 2.67. The number of hydrogen-bond acceptors (Lipinski definition) is 5. The number of carbonyl (C=O) groups excluding carboxylic acids is 1. The van der Waals surface area contributed by atoms with Gasteiger partial charge in [0.1, 0.15) is 5.82 Å². The Labute approximate surface area is 126 Å². The van der Waals surface area contributed by atoms with Gasteiger partial charge in [-0.15, -0.1) is 0 Å². The average Bonchev–Trinajstić information content (AvgIpc) is 2.45. The van der Waals surface area contributed by atoms with Gasteiger partial charge in [0.25, 0.3) is 0 Å². The molecule has 3 N–H and O–H groups in total. The monoisotopic (exact) mass is 306 g/mol. The number of halogens is 1. The van der Waals surface area contributed by atoms with E-state index in [9.17, 15) is 9.18 Å². The minimum atomic E-state index is -0.511. The van der Waals surface area contributed by atoms with Crippen LogP contribution in [-0.2, 0) is 4.79 Å². The largest absolute Gasteiger partial charge is 0.396 e. The molecule has 0 radical (unpaired) electrons. The van der Waals surface area contributed by atoms with E-state index in [2.05, 4.69) is 15.3 Å². The standard InChI is InChI=1S/C14H15FN4OS/c1-8-6-17-14(18-7-8)21-9(2)13(20)19-10-3-4-11(15)12(16)5-10/h3-7,9H,16H2,1-2H3,(H,19,20). The van der Waals surface area contributed by atoms with Gasteiger partial charge in [0.15, 0.2) is 5.16 Å². The molecule has 1 atom stereocenters. The second kappa shape index (κ2) is 6.53. The van der Waals surface area contributed by atoms with E-state index < -0.39 is 5.82 Å². The first kappa shape index (κ1) is 15.2. The van der Waals surface area contributed by atoms with Crippen molar-refractivity contribution in [3.63, 3.8) is 0 Å². The smallest absolute Gasteiger partial charge is 0.237 e. The van der Waals surface area contributed by atoms with Crippen LogP contribution in [0, 0.1) is 12.7 Å². The highest BCUT2D eigenvalue weighted by Crippen LogP contribution is 2.21. The summed E-state index contributed by atoms with van der Waals surface area (Å²) in [5.41, 5.74) is 6.87. The zero-order chi connectivity index (χ0) is 15.4. The van der Waals surface area contributed by atoms with E-state index in [4.69, 9.17) is 5.73 Å². The number of rotatable bonds is 4. The molecule has 1 heterocycles. The second-order valence-corrected chi connectivity index (χ2v) is 5.84. The summed E-state index contributed by atoms with van der Waals surface area (Å²) in [6.45, 7) is 3.64. The lowest BCUT2D eigenvalue weighted by Crippen LogP contribution is -2.22. The number of amides is 1. The van der Waals surface area contributed by atoms with Gasteiger partial charge in [0.2, 0.25) is 5.91 Å². The molecule has 110 valence electrons. The van der Waals surface area contributed by atoms with Crippen LogP contribution in [0.2, 0.25) is 0 Å². The Bertz CT molecular complexity index is 648. The molecule has 0 fully saturated rings. The first-order chi connectivity index (χ1) is 9.95. The van der Waals surface area contributed by atoms with Crippen LogP contribution >= 0.6 is 11.8 Å². The van der Waals surface area contributed by atoms with Gasteiger partial charge in [0, 0.05) is 18.1 Å². The van der Waals surface area contributed by atoms with Gasteiger partial charge >= 0.3 is 0 Å². The molecule has 0 spiro atoms. The summed E-state index contributed by atoms with van der Waals surface area (Å²) in [4.78, 5) is 20.3. The fraction of sp³-hybridized carbons (Fsp3) is 0.214. The van der Waals surface area contributed by atoms with Crippen LogP contribution in [0.3, 0.4) is 0 Å². The number of nitrogens with zero attached hydrogens (tertiary/aromatic N) is 2. The second-order valence-electron chi connectivity index (χ2n) is 4.53. The van der Waals surface area contributed by atoms with Gasteiger partial charge in [-0.1, -0.05) is 11.8 Å². The van der Waals surface area contributed by atoms with Crippen LogP contribution in [0.25, 0.3) is 0 Å². The maximum Gasteiger partial charge on any atom is 0.237 e. The van der Waals surface area contributed by atoms with Crippen LogP contribution in [0.15, 0.2) is 35.7 Å². The number of carbonyl (C=O) groups is 1. The molecule has 21 heavy (non-hydrogen) atoms. The third-order valence-corrected chi connectivity index (χ3v) is 3.66. The van der Waals surface area contributed by atoms with Crippen molar-refractivity contribution >= 4 is 29.0 Å². The van der Waals surface area contributed by atoms with Gasteiger partial charge in [0.05, 0.1) is 10.9 Å². The summed E-state index contributed by atoms with van der Waals surface area (Å²) in [6, 6.07) is 4.06. The fourth-order valence-corrected chi connectivity index (χ4v) is 2.23. The number of nitrogens with one attached hydrogen (secondary N) is 1. The van der Waals surface area contributed by atoms with Gasteiger partial charge in [-0.25, -0.2) is 14.4 Å². The number of nitrogens with two attached hydrogens (primary N) is 1. The highest BCUT2D eigenvalue weighted by molar-refractivity contribution is 8.00. The van der Waals surface area contributed by atoms with Crippen molar-refractivity contribution in [3.8, 4) is 0 Å². The summed E-state index contributed by atoms with van der Waals surface area (Å²) in [6.07, 6.45) is 3.39. The predicted molar refractivity (Wildman–Crippen MR) is 81.5 cm³/mol. The molecule has 1 amide bonds. The van der Waals surface area contributed by atoms with Crippen LogP contribution in [-0.4, -0.2) is 21.1 Å². The Morgan fingerprint density at radius 1 is 1.38 bits per heavy atom. The Hall–Kier alpha value is -2.15. The quantitative estimate of drug-likeness (QED) is 0.515. The van der Waals surface area contributed by atoms with Crippen molar-refractivity contribution in [2.45, 2.75) is 24.3 Å². The van der Waals surface area contributed by atoms with Crippen molar-refractivity contribution in [2.75, 3.05) is 11.1 Å². The van der Waals surface area contributed by atoms with E-state index in [1.54, 1.807) is 19.3 Å². The molecule has 2 rings (SSSR count). The third kappa shape index (κ3) is 4.16. The van der Waals surface area contributed by atoms with E-state index in [0.29, 0.717) is 10.8 Å². The van der Waals surface area contributed by atoms with Crippen molar-refractivity contribution in [1.29, 1.82) is 0 Å². The normalized spacial score (nSPS) is 12.0. The Morgan fingerprint density at radius 3 is 2.67 bits per heavy atom. The molecule has 0 aliphatic heterocycles. The van der Waals surface area contributed by atoms with Gasteiger partial charge in [-0.2, -0.15) is 0 Å². The number of benzene rings is 1. The summed E-state index contributed by atoms with van der Waals surface area (Å²) >= 11 is 1.25. The number of anilines is 2. The lowest BCUT2D eigenvalue weighted by molar-refractivity contribution is -0.115. The summed E-state index contributed by atoms with van der Waals surface area (Å²) in [5, 5.41) is 2.82. The minimum Gasteiger partial charge on any atom is -0.396 e. The molecule has 0 aliphatic rings. The molecular formula is C14H15FN4OS. The van der Waals surface area contributed by atoms with E-state index in [-0.39, 0.29) is 16.8 Å². The maximum absolute atomic E-state index is 13.1. The number of thioether (sulfide) groups is 1. The first-order valence-electron chi connectivity index (χ1n) is 6.27. The molecule has 0 saturated carbocycles. The van der Waals surface area contributed by atoms with Crippen LogP contribution in [0.4, 0.5) is 15.8 Å². The Balaban J connectivity index is 1.98. The molecule has 0 bridgehead atoms. The van der Waals surface area contributed by atoms with E-state index in [0.717, 1.165) is 5.56 Å². The number of hydrogen-bond donors (Lipinski definition) is 2. The van der Waals surface area contributed by atoms with Crippen molar-refractivity contribution < 1.29 is 9.18 Å². The molecule has 0 aliphatic carbocycles. The Morgan fingerprint density at radius 2 is 2.05 bits per heavy atom. The van der Waals surface area contributed by atoms with Crippen molar-refractivity contribution in [2.24, 2.45) is 0 Å². The molecule has 2 aromatic rings. The number of aromatic nitrogens is 2. The minimum absolute atomic E-state index is 0.00465. The summed E-state index contributed by atoms with van der Waals surface area (Å²) < 4.78 is 13.1. The maximum atomic E-state index is 13.1. The van der Waals surface area contributed by atoms with Gasteiger partial charge < -0.3 is 11.1 Å². The highest BCUT2D eigenvalue weighted by Gasteiger charge is 2.16. The van der Waals surface area contributed by atoms with E-state index in [1.165, 1.54) is 30.0 Å². The molecule has 1 aromatic heterocycles. The summed E-state index contributed by atoms with van der Waals surface area (Å²) in [7, 11) is 0. The topological polar surface area (TPSA) is 80.9 Å². The van der Waals surface area contributed by atoms with E-state index in [1.807, 2.05) is 6.92 Å². The van der Waals surface area contributed by atoms with Crippen LogP contribution in [0.5, 0.6) is 0 Å². The molecular weight excluding hydrogens is 291 g/mol. The lowest BCUT2D eigenvalue weighted by atomic mass is 10.2. The van der Waals surface area contributed by atoms with Gasteiger partial charge in [-0.05, 0) is 37.6 Å². The highest BCUT2D eigenvalue weighted by atomic mass is 32.2. The molecule has 1 aromatic carbocycles. The van der Waals surface area contributed by atoms with Crippen LogP contribution in [0.1, 0.15) is 12.5 Å². The van der Waals surface area contributed by atoms with Crippen molar-refractivity contribution in [1.82, 2.24) is 9.97 Å². The van der Waals surface area contributed by atoms with Gasteiger partial charge in [-0.3, -0.25) is 4.79 Å². The van der Waals surface area contributed by atoms with Crippen molar-refractivity contribution in [3.05, 3.63) is 42.0 Å². The SMILES string of the molecule is Cc1cnc(SC(C)C(=O)Nc2ccc(F)c(N)c2)nc1. The van der Waals surface area contributed by atoms with E-state index >= 15 is 0 Å². The summed E-state index contributed by atoms with van der Waals surface area (Å²) in [5.74, 6) is -0.737. The average molecular weight is 306 g/mol. The van der Waals surface area contributed by atoms with Crippen LogP contribution < -0.4 is 11.1 Å². The molecule has 7 heteroatoms. The zero-order valence-corrected chi connectivity index (χ0v) is 12.4. The molecule has 0 saturated heterocycles. The molecule has 1 unspecified atom stereocenters. The Kier molecular flexibility index (Phi) is 4.74.